The summed E-state index contributed by atoms with van der Waals surface area (Å²) in [5.41, 5.74) is 5.14. The van der Waals surface area contributed by atoms with E-state index in [0.717, 1.165) is 25.4 Å². The molecular weight excluding hydrogens is 262 g/mol. The van der Waals surface area contributed by atoms with Crippen molar-refractivity contribution in [3.63, 3.8) is 0 Å². The fraction of sp³-hybridized carbons (Fsp3) is 0.333. The van der Waals surface area contributed by atoms with Crippen LogP contribution in [0.4, 0.5) is 0 Å². The van der Waals surface area contributed by atoms with E-state index < -0.39 is 0 Å². The Labute approximate surface area is 125 Å². The molecule has 2 aromatic rings. The Morgan fingerprint density at radius 3 is 2.76 bits per heavy atom. The number of hydrogen-bond donors (Lipinski definition) is 1. The van der Waals surface area contributed by atoms with Crippen LogP contribution in [0.25, 0.3) is 0 Å². The predicted molar refractivity (Wildman–Crippen MR) is 83.4 cm³/mol. The fourth-order valence-electron chi connectivity index (χ4n) is 2.89. The van der Waals surface area contributed by atoms with Gasteiger partial charge in [0.15, 0.2) is 0 Å². The lowest BCUT2D eigenvalue weighted by Gasteiger charge is -2.19. The smallest absolute Gasteiger partial charge is 0.122 e. The monoisotopic (exact) mass is 283 g/mol. The Hall–Kier alpha value is -1.84. The molecule has 0 saturated carbocycles. The first-order chi connectivity index (χ1) is 10.3. The summed E-state index contributed by atoms with van der Waals surface area (Å²) < 4.78 is 11.0. The third kappa shape index (κ3) is 2.94. The van der Waals surface area contributed by atoms with Gasteiger partial charge in [-0.3, -0.25) is 0 Å². The predicted octanol–water partition coefficient (Wildman–Crippen LogP) is 3.23. The van der Waals surface area contributed by atoms with Crippen LogP contribution in [-0.2, 0) is 24.4 Å². The second-order valence-corrected chi connectivity index (χ2v) is 5.38. The summed E-state index contributed by atoms with van der Waals surface area (Å²) in [5, 5.41) is 3.41. The molecule has 0 bridgehead atoms. The first kappa shape index (κ1) is 14.1. The molecule has 1 unspecified atom stereocenters. The minimum Gasteiger partial charge on any atom is -0.496 e. The quantitative estimate of drug-likeness (QED) is 0.914. The maximum atomic E-state index is 5.50. The van der Waals surface area contributed by atoms with Crippen LogP contribution in [0, 0.1) is 0 Å². The summed E-state index contributed by atoms with van der Waals surface area (Å²) in [6, 6.07) is 15.1. The Bertz CT molecular complexity index is 624. The van der Waals surface area contributed by atoms with E-state index in [1.165, 1.54) is 22.3 Å². The van der Waals surface area contributed by atoms with E-state index in [2.05, 4.69) is 35.6 Å². The normalized spacial score (nSPS) is 14.8. The van der Waals surface area contributed by atoms with E-state index in [4.69, 9.17) is 9.47 Å². The van der Waals surface area contributed by atoms with Gasteiger partial charge in [-0.25, -0.2) is 0 Å². The summed E-state index contributed by atoms with van der Waals surface area (Å²) in [6.07, 6.45) is 0.903. The zero-order valence-electron chi connectivity index (χ0n) is 12.6. The van der Waals surface area contributed by atoms with Gasteiger partial charge in [0.1, 0.15) is 5.75 Å². The minimum atomic E-state index is 0.271. The Balaban J connectivity index is 1.85. The minimum absolute atomic E-state index is 0.271. The van der Waals surface area contributed by atoms with Crippen LogP contribution in [0.2, 0.25) is 0 Å². The topological polar surface area (TPSA) is 30.5 Å². The lowest BCUT2D eigenvalue weighted by atomic mass is 9.95. The number of methoxy groups -OCH3 is 1. The van der Waals surface area contributed by atoms with Gasteiger partial charge in [-0.2, -0.15) is 0 Å². The molecule has 0 aromatic heterocycles. The molecule has 0 spiro atoms. The molecule has 0 saturated heterocycles. The molecule has 3 nitrogen and oxygen atoms in total. The molecule has 3 heteroatoms. The highest BCUT2D eigenvalue weighted by molar-refractivity contribution is 5.38. The Morgan fingerprint density at radius 2 is 1.95 bits per heavy atom. The van der Waals surface area contributed by atoms with E-state index in [9.17, 15) is 0 Å². The van der Waals surface area contributed by atoms with E-state index in [1.807, 2.05) is 19.2 Å². The van der Waals surface area contributed by atoms with Gasteiger partial charge in [0, 0.05) is 6.04 Å². The highest BCUT2D eigenvalue weighted by Gasteiger charge is 2.17. The lowest BCUT2D eigenvalue weighted by molar-refractivity contribution is 0.134. The van der Waals surface area contributed by atoms with Crippen molar-refractivity contribution in [1.29, 1.82) is 0 Å². The summed E-state index contributed by atoms with van der Waals surface area (Å²) >= 11 is 0. The summed E-state index contributed by atoms with van der Waals surface area (Å²) in [4.78, 5) is 0. The van der Waals surface area contributed by atoms with E-state index in [1.54, 1.807) is 7.11 Å². The van der Waals surface area contributed by atoms with Crippen molar-refractivity contribution < 1.29 is 9.47 Å². The van der Waals surface area contributed by atoms with Gasteiger partial charge in [0.25, 0.3) is 0 Å². The number of fused-ring (bicyclic) bond motifs is 1. The molecule has 1 heterocycles. The average Bonchev–Trinajstić information content (AvgIpc) is 3.00. The highest BCUT2D eigenvalue weighted by atomic mass is 16.5. The number of nitrogens with one attached hydrogen (secondary N) is 1. The van der Waals surface area contributed by atoms with E-state index in [-0.39, 0.29) is 6.04 Å². The lowest BCUT2D eigenvalue weighted by Crippen LogP contribution is -2.19. The van der Waals surface area contributed by atoms with E-state index in [0.29, 0.717) is 0 Å². The molecule has 0 amide bonds. The fourth-order valence-corrected chi connectivity index (χ4v) is 2.89. The Kier molecular flexibility index (Phi) is 4.23. The number of ether oxygens (including phenoxy) is 2. The summed E-state index contributed by atoms with van der Waals surface area (Å²) in [6.45, 7) is 1.47. The number of likely N-dealkylation sites (N-methyl/N-ethyl adjacent to an activating group) is 1. The Morgan fingerprint density at radius 1 is 1.14 bits per heavy atom. The maximum Gasteiger partial charge on any atom is 0.122 e. The molecule has 3 rings (SSSR count). The standard InChI is InChI=1S/C18H21NO2/c1-19-17(10-14-5-3-4-6-18(14)20-2)13-7-8-15-11-21-12-16(15)9-13/h3-9,17,19H,10-12H2,1-2H3. The second kappa shape index (κ2) is 6.29. The van der Waals surface area contributed by atoms with Gasteiger partial charge in [0.2, 0.25) is 0 Å². The molecular formula is C18H21NO2. The van der Waals surface area contributed by atoms with Crippen LogP contribution in [0.1, 0.15) is 28.3 Å². The van der Waals surface area contributed by atoms with Crippen molar-refractivity contribution >= 4 is 0 Å². The first-order valence-corrected chi connectivity index (χ1v) is 7.30. The molecule has 1 N–H and O–H groups in total. The molecule has 1 atom stereocenters. The molecule has 1 aliphatic heterocycles. The van der Waals surface area contributed by atoms with Crippen LogP contribution in [0.15, 0.2) is 42.5 Å². The molecule has 2 aromatic carbocycles. The number of para-hydroxylation sites is 1. The third-order valence-electron chi connectivity index (χ3n) is 4.11. The van der Waals surface area contributed by atoms with Crippen molar-refractivity contribution in [2.45, 2.75) is 25.7 Å². The molecule has 0 radical (unpaired) electrons. The first-order valence-electron chi connectivity index (χ1n) is 7.30. The van der Waals surface area contributed by atoms with Crippen LogP contribution in [0.3, 0.4) is 0 Å². The summed E-state index contributed by atoms with van der Waals surface area (Å²) in [7, 11) is 3.73. The largest absolute Gasteiger partial charge is 0.496 e. The third-order valence-corrected chi connectivity index (χ3v) is 4.11. The van der Waals surface area contributed by atoms with Crippen molar-refractivity contribution in [2.75, 3.05) is 14.2 Å². The zero-order chi connectivity index (χ0) is 14.7. The number of rotatable bonds is 5. The van der Waals surface area contributed by atoms with Gasteiger partial charge in [0.05, 0.1) is 20.3 Å². The SMILES string of the molecule is CNC(Cc1ccccc1OC)c1ccc2c(c1)COC2. The molecule has 0 fully saturated rings. The van der Waals surface area contributed by atoms with Crippen LogP contribution in [-0.4, -0.2) is 14.2 Å². The van der Waals surface area contributed by atoms with Gasteiger partial charge >= 0.3 is 0 Å². The van der Waals surface area contributed by atoms with Crippen LogP contribution in [0.5, 0.6) is 5.75 Å². The van der Waals surface area contributed by atoms with Crippen molar-refractivity contribution in [1.82, 2.24) is 5.32 Å². The zero-order valence-corrected chi connectivity index (χ0v) is 12.6. The average molecular weight is 283 g/mol. The summed E-state index contributed by atoms with van der Waals surface area (Å²) in [5.74, 6) is 0.947. The van der Waals surface area contributed by atoms with Gasteiger partial charge in [-0.15, -0.1) is 0 Å². The van der Waals surface area contributed by atoms with Gasteiger partial charge in [-0.1, -0.05) is 36.4 Å². The molecule has 0 aliphatic carbocycles. The number of hydrogen-bond acceptors (Lipinski definition) is 3. The van der Waals surface area contributed by atoms with Crippen molar-refractivity contribution in [2.24, 2.45) is 0 Å². The van der Waals surface area contributed by atoms with Gasteiger partial charge in [-0.05, 0) is 41.8 Å². The highest BCUT2D eigenvalue weighted by Crippen LogP contribution is 2.28. The molecule has 1 aliphatic rings. The van der Waals surface area contributed by atoms with Crippen molar-refractivity contribution in [3.8, 4) is 5.75 Å². The molecule has 21 heavy (non-hydrogen) atoms. The second-order valence-electron chi connectivity index (χ2n) is 5.38. The van der Waals surface area contributed by atoms with E-state index >= 15 is 0 Å². The van der Waals surface area contributed by atoms with Crippen LogP contribution < -0.4 is 10.1 Å². The maximum absolute atomic E-state index is 5.50. The molecule has 110 valence electrons. The van der Waals surface area contributed by atoms with Crippen molar-refractivity contribution in [3.05, 3.63) is 64.7 Å². The number of benzene rings is 2. The van der Waals surface area contributed by atoms with Gasteiger partial charge < -0.3 is 14.8 Å². The van der Waals surface area contributed by atoms with Crippen LogP contribution >= 0.6 is 0 Å².